The minimum absolute atomic E-state index is 0.00709. The van der Waals surface area contributed by atoms with E-state index in [-0.39, 0.29) is 35.5 Å². The standard InChI is InChI=1S/C26H23F3N8O3S/c27-26(28,29)40-19-6-3-4-16(12-19)14-31-23(39)24-35-36-25(41-24)37-11-9-17(15-37)20-7-8-21(34-33-20)32-22(38)13-18-5-1-2-10-30-18/h1-8,10,12,17H,9,11,13-15H2,(H,31,39)(H,32,34,38). The number of hydrogen-bond acceptors (Lipinski definition) is 10. The van der Waals surface area contributed by atoms with Crippen LogP contribution in [0, 0.1) is 0 Å². The molecule has 2 amide bonds. The molecule has 4 heterocycles. The largest absolute Gasteiger partial charge is 0.573 e. The first-order valence-corrected chi connectivity index (χ1v) is 13.3. The number of amides is 2. The fourth-order valence-electron chi connectivity index (χ4n) is 4.20. The summed E-state index contributed by atoms with van der Waals surface area (Å²) in [5, 5.41) is 22.6. The van der Waals surface area contributed by atoms with Crippen LogP contribution in [-0.4, -0.2) is 56.6 Å². The van der Waals surface area contributed by atoms with Gasteiger partial charge in [0, 0.05) is 37.4 Å². The van der Waals surface area contributed by atoms with Gasteiger partial charge < -0.3 is 20.3 Å². The van der Waals surface area contributed by atoms with Gasteiger partial charge in [-0.3, -0.25) is 14.6 Å². The van der Waals surface area contributed by atoms with Gasteiger partial charge in [-0.05, 0) is 48.4 Å². The summed E-state index contributed by atoms with van der Waals surface area (Å²) >= 11 is 1.12. The van der Waals surface area contributed by atoms with Crippen molar-refractivity contribution in [1.82, 2.24) is 30.7 Å². The first-order valence-electron chi connectivity index (χ1n) is 12.5. The molecule has 0 bridgehead atoms. The van der Waals surface area contributed by atoms with Gasteiger partial charge in [0.25, 0.3) is 5.91 Å². The van der Waals surface area contributed by atoms with Crippen molar-refractivity contribution in [3.63, 3.8) is 0 Å². The number of pyridine rings is 1. The van der Waals surface area contributed by atoms with Crippen LogP contribution in [0.4, 0.5) is 24.1 Å². The third-order valence-corrected chi connectivity index (χ3v) is 7.07. The van der Waals surface area contributed by atoms with Crippen LogP contribution in [-0.2, 0) is 17.8 Å². The second-order valence-electron chi connectivity index (χ2n) is 9.09. The summed E-state index contributed by atoms with van der Waals surface area (Å²) in [6, 6.07) is 14.3. The second kappa shape index (κ2) is 12.2. The Morgan fingerprint density at radius 3 is 2.68 bits per heavy atom. The van der Waals surface area contributed by atoms with Gasteiger partial charge in [-0.15, -0.1) is 28.5 Å². The Bertz CT molecular complexity index is 1500. The third-order valence-electron chi connectivity index (χ3n) is 6.09. The van der Waals surface area contributed by atoms with Crippen molar-refractivity contribution in [3.8, 4) is 5.75 Å². The van der Waals surface area contributed by atoms with Gasteiger partial charge in [0.2, 0.25) is 16.0 Å². The topological polar surface area (TPSA) is 135 Å². The monoisotopic (exact) mass is 584 g/mol. The van der Waals surface area contributed by atoms with Gasteiger partial charge in [0.15, 0.2) is 5.82 Å². The van der Waals surface area contributed by atoms with E-state index in [0.29, 0.717) is 35.3 Å². The van der Waals surface area contributed by atoms with Gasteiger partial charge in [0.1, 0.15) is 5.75 Å². The van der Waals surface area contributed by atoms with E-state index >= 15 is 0 Å². The average Bonchev–Trinajstić information content (AvgIpc) is 3.63. The molecule has 1 aliphatic rings. The highest BCUT2D eigenvalue weighted by Gasteiger charge is 2.31. The Labute approximate surface area is 235 Å². The molecule has 1 aliphatic heterocycles. The maximum atomic E-state index is 12.6. The number of aromatic nitrogens is 5. The first-order chi connectivity index (χ1) is 19.7. The molecule has 3 aromatic heterocycles. The number of halogens is 3. The van der Waals surface area contributed by atoms with E-state index < -0.39 is 12.3 Å². The molecular weight excluding hydrogens is 561 g/mol. The summed E-state index contributed by atoms with van der Waals surface area (Å²) in [6.45, 7) is 1.27. The molecule has 1 saturated heterocycles. The Balaban J connectivity index is 1.11. The van der Waals surface area contributed by atoms with E-state index in [1.807, 2.05) is 17.0 Å². The van der Waals surface area contributed by atoms with Crippen molar-refractivity contribution in [1.29, 1.82) is 0 Å². The number of alkyl halides is 3. The summed E-state index contributed by atoms with van der Waals surface area (Å²) in [4.78, 5) is 30.9. The molecule has 2 N–H and O–H groups in total. The van der Waals surface area contributed by atoms with Crippen LogP contribution in [0.1, 0.15) is 39.1 Å². The minimum Gasteiger partial charge on any atom is -0.406 e. The van der Waals surface area contributed by atoms with E-state index in [1.54, 1.807) is 30.5 Å². The van der Waals surface area contributed by atoms with Crippen LogP contribution in [0.3, 0.4) is 0 Å². The molecule has 1 atom stereocenters. The minimum atomic E-state index is -4.80. The third kappa shape index (κ3) is 7.72. The van der Waals surface area contributed by atoms with Gasteiger partial charge >= 0.3 is 6.36 Å². The highest BCUT2D eigenvalue weighted by Crippen LogP contribution is 2.31. The number of hydrogen-bond donors (Lipinski definition) is 2. The maximum Gasteiger partial charge on any atom is 0.573 e. The molecule has 11 nitrogen and oxygen atoms in total. The molecule has 15 heteroatoms. The molecule has 0 spiro atoms. The van der Waals surface area contributed by atoms with Gasteiger partial charge in [-0.2, -0.15) is 5.10 Å². The van der Waals surface area contributed by atoms with Gasteiger partial charge in [0.05, 0.1) is 12.1 Å². The van der Waals surface area contributed by atoms with Crippen LogP contribution in [0.5, 0.6) is 5.75 Å². The fraction of sp³-hybridized carbons (Fsp3) is 0.269. The van der Waals surface area contributed by atoms with E-state index in [2.05, 4.69) is 40.7 Å². The molecular formula is C26H23F3N8O3S. The summed E-state index contributed by atoms with van der Waals surface area (Å²) in [5.41, 5.74) is 1.87. The Morgan fingerprint density at radius 1 is 1.05 bits per heavy atom. The van der Waals surface area contributed by atoms with E-state index in [4.69, 9.17) is 0 Å². The number of nitrogens with zero attached hydrogens (tertiary/aromatic N) is 6. The normalized spacial score (nSPS) is 15.0. The number of ether oxygens (including phenoxy) is 1. The van der Waals surface area contributed by atoms with Crippen molar-refractivity contribution in [3.05, 3.63) is 82.8 Å². The molecule has 1 fully saturated rings. The molecule has 4 aromatic rings. The lowest BCUT2D eigenvalue weighted by molar-refractivity contribution is -0.274. The lowest BCUT2D eigenvalue weighted by Gasteiger charge is -2.14. The summed E-state index contributed by atoms with van der Waals surface area (Å²) in [5.74, 6) is -0.663. The Kier molecular flexibility index (Phi) is 8.33. The summed E-state index contributed by atoms with van der Waals surface area (Å²) in [6.07, 6.45) is -2.25. The second-order valence-corrected chi connectivity index (χ2v) is 10.0. The number of benzene rings is 1. The van der Waals surface area contributed by atoms with Crippen LogP contribution in [0.25, 0.3) is 0 Å². The molecule has 0 radical (unpaired) electrons. The van der Waals surface area contributed by atoms with Gasteiger partial charge in [-0.25, -0.2) is 0 Å². The van der Waals surface area contributed by atoms with Crippen LogP contribution >= 0.6 is 11.3 Å². The number of carbonyl (C=O) groups is 2. The van der Waals surface area contributed by atoms with Crippen molar-refractivity contribution in [2.45, 2.75) is 31.7 Å². The predicted molar refractivity (Wildman–Crippen MR) is 142 cm³/mol. The molecule has 0 saturated carbocycles. The number of nitrogens with one attached hydrogen (secondary N) is 2. The summed E-state index contributed by atoms with van der Waals surface area (Å²) in [7, 11) is 0. The maximum absolute atomic E-state index is 12.6. The zero-order chi connectivity index (χ0) is 28.8. The fourth-order valence-corrected chi connectivity index (χ4v) is 5.00. The first kappa shape index (κ1) is 27.9. The zero-order valence-corrected chi connectivity index (χ0v) is 22.2. The Morgan fingerprint density at radius 2 is 1.93 bits per heavy atom. The van der Waals surface area contributed by atoms with E-state index in [9.17, 15) is 22.8 Å². The molecule has 1 unspecified atom stereocenters. The predicted octanol–water partition coefficient (Wildman–Crippen LogP) is 3.73. The highest BCUT2D eigenvalue weighted by atomic mass is 32.1. The van der Waals surface area contributed by atoms with Crippen LogP contribution < -0.4 is 20.3 Å². The molecule has 5 rings (SSSR count). The zero-order valence-electron chi connectivity index (χ0n) is 21.3. The molecule has 41 heavy (non-hydrogen) atoms. The Hall–Kier alpha value is -4.66. The summed E-state index contributed by atoms with van der Waals surface area (Å²) < 4.78 is 41.3. The number of carbonyl (C=O) groups excluding carboxylic acids is 2. The molecule has 0 aliphatic carbocycles. The van der Waals surface area contributed by atoms with Gasteiger partial charge in [-0.1, -0.05) is 29.5 Å². The lowest BCUT2D eigenvalue weighted by Crippen LogP contribution is -2.23. The van der Waals surface area contributed by atoms with E-state index in [1.165, 1.54) is 18.2 Å². The molecule has 1 aromatic carbocycles. The SMILES string of the molecule is O=C(Cc1ccccn1)Nc1ccc(C2CCN(c3nnc(C(=O)NCc4cccc(OC(F)(F)F)c4)s3)C2)nn1. The smallest absolute Gasteiger partial charge is 0.406 e. The van der Waals surface area contributed by atoms with Crippen molar-refractivity contribution in [2.24, 2.45) is 0 Å². The van der Waals surface area contributed by atoms with Crippen molar-refractivity contribution < 1.29 is 27.5 Å². The van der Waals surface area contributed by atoms with E-state index in [0.717, 1.165) is 23.5 Å². The van der Waals surface area contributed by atoms with Crippen LogP contribution in [0.15, 0.2) is 60.8 Å². The highest BCUT2D eigenvalue weighted by molar-refractivity contribution is 7.17. The average molecular weight is 585 g/mol. The number of rotatable bonds is 9. The number of anilines is 2. The molecule has 212 valence electrons. The van der Waals surface area contributed by atoms with Crippen molar-refractivity contribution in [2.75, 3.05) is 23.3 Å². The van der Waals surface area contributed by atoms with Crippen LogP contribution in [0.2, 0.25) is 0 Å². The quantitative estimate of drug-likeness (QED) is 0.302. The van der Waals surface area contributed by atoms with Crippen molar-refractivity contribution >= 4 is 34.1 Å². The lowest BCUT2D eigenvalue weighted by atomic mass is 10.1.